The number of carbonyl (C=O) groups excluding carboxylic acids is 1. The van der Waals surface area contributed by atoms with Crippen molar-refractivity contribution < 1.29 is 14.5 Å². The molecule has 6 nitrogen and oxygen atoms in total. The van der Waals surface area contributed by atoms with Gasteiger partial charge in [-0.15, -0.1) is 0 Å². The van der Waals surface area contributed by atoms with E-state index in [4.69, 9.17) is 9.72 Å². The van der Waals surface area contributed by atoms with Crippen molar-refractivity contribution in [3.05, 3.63) is 117 Å². The summed E-state index contributed by atoms with van der Waals surface area (Å²) in [6.45, 7) is 0.0367. The molecule has 0 bridgehead atoms. The highest BCUT2D eigenvalue weighted by Gasteiger charge is 2.27. The third-order valence-corrected chi connectivity index (χ3v) is 5.80. The summed E-state index contributed by atoms with van der Waals surface area (Å²) in [5.41, 5.74) is 5.94. The van der Waals surface area contributed by atoms with Gasteiger partial charge in [-0.05, 0) is 59.4 Å². The number of nitro benzene ring substituents is 1. The van der Waals surface area contributed by atoms with Gasteiger partial charge in [-0.25, -0.2) is 9.78 Å². The zero-order valence-electron chi connectivity index (χ0n) is 17.7. The molecule has 1 aromatic heterocycles. The summed E-state index contributed by atoms with van der Waals surface area (Å²) in [6.07, 6.45) is 3.64. The molecular weight excluding hydrogens is 416 g/mol. The molecule has 1 aliphatic carbocycles. The van der Waals surface area contributed by atoms with Crippen LogP contribution >= 0.6 is 0 Å². The molecule has 0 amide bonds. The van der Waals surface area contributed by atoms with Gasteiger partial charge < -0.3 is 4.74 Å². The Bertz CT molecular complexity index is 1390. The van der Waals surface area contributed by atoms with E-state index in [-0.39, 0.29) is 12.3 Å². The summed E-state index contributed by atoms with van der Waals surface area (Å²) in [7, 11) is 0. The summed E-state index contributed by atoms with van der Waals surface area (Å²) in [6, 6.07) is 23.7. The molecule has 0 atom stereocenters. The number of nitrogens with zero attached hydrogens (tertiary/aromatic N) is 2. The third-order valence-electron chi connectivity index (χ3n) is 5.80. The van der Waals surface area contributed by atoms with Gasteiger partial charge in [0.15, 0.2) is 0 Å². The van der Waals surface area contributed by atoms with Crippen molar-refractivity contribution in [1.82, 2.24) is 4.98 Å². The average Bonchev–Trinajstić information content (AvgIpc) is 3.23. The summed E-state index contributed by atoms with van der Waals surface area (Å²) < 4.78 is 5.65. The molecule has 0 saturated heterocycles. The molecule has 0 fully saturated rings. The number of ether oxygens (including phenoxy) is 1. The van der Waals surface area contributed by atoms with E-state index < -0.39 is 10.9 Å². The van der Waals surface area contributed by atoms with Crippen molar-refractivity contribution in [2.24, 2.45) is 0 Å². The monoisotopic (exact) mass is 436 g/mol. The van der Waals surface area contributed by atoms with E-state index in [1.165, 1.54) is 12.1 Å². The Labute approximate surface area is 190 Å². The standard InChI is InChI=1S/C27H20N2O4/c30-27(33-17-19-10-13-21(14-11-19)29(31)32)25-22-8-4-5-9-24(22)28-26-20(12-15-23(25)26)16-18-6-2-1-3-7-18/h1-11,13-14,16H,12,15,17H2. The fourth-order valence-electron chi connectivity index (χ4n) is 4.20. The first-order valence-corrected chi connectivity index (χ1v) is 10.7. The van der Waals surface area contributed by atoms with E-state index in [1.54, 1.807) is 12.1 Å². The second kappa shape index (κ2) is 8.67. The molecule has 0 unspecified atom stereocenters. The molecule has 1 aliphatic rings. The van der Waals surface area contributed by atoms with Gasteiger partial charge in [0.1, 0.15) is 6.61 Å². The summed E-state index contributed by atoms with van der Waals surface area (Å²) in [5.74, 6) is -0.413. The van der Waals surface area contributed by atoms with Gasteiger partial charge in [-0.3, -0.25) is 10.1 Å². The number of rotatable bonds is 5. The molecule has 5 rings (SSSR count). The number of hydrogen-bond donors (Lipinski definition) is 0. The minimum atomic E-state index is -0.456. The maximum atomic E-state index is 13.3. The Morgan fingerprint density at radius 1 is 0.970 bits per heavy atom. The van der Waals surface area contributed by atoms with Gasteiger partial charge in [-0.1, -0.05) is 48.5 Å². The maximum Gasteiger partial charge on any atom is 0.339 e. The predicted octanol–water partition coefficient (Wildman–Crippen LogP) is 5.99. The number of carbonyl (C=O) groups is 1. The molecular formula is C27H20N2O4. The lowest BCUT2D eigenvalue weighted by Crippen LogP contribution is -2.10. The van der Waals surface area contributed by atoms with Gasteiger partial charge in [0.25, 0.3) is 5.69 Å². The van der Waals surface area contributed by atoms with Crippen molar-refractivity contribution in [3.63, 3.8) is 0 Å². The van der Waals surface area contributed by atoms with Crippen molar-refractivity contribution in [2.45, 2.75) is 19.4 Å². The largest absolute Gasteiger partial charge is 0.457 e. The Kier molecular flexibility index (Phi) is 5.40. The van der Waals surface area contributed by atoms with E-state index in [9.17, 15) is 14.9 Å². The smallest absolute Gasteiger partial charge is 0.339 e. The van der Waals surface area contributed by atoms with Gasteiger partial charge in [0.2, 0.25) is 0 Å². The van der Waals surface area contributed by atoms with Crippen molar-refractivity contribution >= 4 is 34.2 Å². The van der Waals surface area contributed by atoms with Crippen LogP contribution < -0.4 is 0 Å². The second-order valence-corrected chi connectivity index (χ2v) is 7.91. The Hall–Kier alpha value is -4.32. The number of esters is 1. The van der Waals surface area contributed by atoms with Crippen LogP contribution in [-0.4, -0.2) is 15.9 Å². The molecule has 0 N–H and O–H groups in total. The highest BCUT2D eigenvalue weighted by Crippen LogP contribution is 2.37. The number of hydrogen-bond acceptors (Lipinski definition) is 5. The molecule has 6 heteroatoms. The zero-order valence-corrected chi connectivity index (χ0v) is 17.7. The third kappa shape index (κ3) is 4.11. The lowest BCUT2D eigenvalue weighted by Gasteiger charge is -2.12. The minimum absolute atomic E-state index is 0.000701. The van der Waals surface area contributed by atoms with Crippen LogP contribution in [0.2, 0.25) is 0 Å². The number of benzene rings is 3. The topological polar surface area (TPSA) is 82.3 Å². The lowest BCUT2D eigenvalue weighted by atomic mass is 10.0. The van der Waals surface area contributed by atoms with Gasteiger partial charge in [0, 0.05) is 17.5 Å². The number of pyridine rings is 1. The van der Waals surface area contributed by atoms with E-state index >= 15 is 0 Å². The number of para-hydroxylation sites is 1. The van der Waals surface area contributed by atoms with E-state index in [0.717, 1.165) is 39.7 Å². The van der Waals surface area contributed by atoms with Crippen molar-refractivity contribution in [2.75, 3.05) is 0 Å². The highest BCUT2D eigenvalue weighted by molar-refractivity contribution is 6.07. The molecule has 1 heterocycles. The number of aromatic nitrogens is 1. The number of fused-ring (bicyclic) bond motifs is 2. The zero-order chi connectivity index (χ0) is 22.8. The molecule has 4 aromatic rings. The molecule has 162 valence electrons. The van der Waals surface area contributed by atoms with Crippen LogP contribution in [0.15, 0.2) is 78.9 Å². The van der Waals surface area contributed by atoms with Crippen molar-refractivity contribution in [3.8, 4) is 0 Å². The highest BCUT2D eigenvalue weighted by atomic mass is 16.6. The molecule has 0 spiro atoms. The fraction of sp³-hybridized carbons (Fsp3) is 0.111. The van der Waals surface area contributed by atoms with Crippen molar-refractivity contribution in [1.29, 1.82) is 0 Å². The Morgan fingerprint density at radius 3 is 2.45 bits per heavy atom. The van der Waals surface area contributed by atoms with Crippen LogP contribution in [-0.2, 0) is 17.8 Å². The number of allylic oxidation sites excluding steroid dienone is 1. The quantitative estimate of drug-likeness (QED) is 0.218. The maximum absolute atomic E-state index is 13.3. The fourth-order valence-corrected chi connectivity index (χ4v) is 4.20. The van der Waals surface area contributed by atoms with Crippen LogP contribution in [0.5, 0.6) is 0 Å². The first-order valence-electron chi connectivity index (χ1n) is 10.7. The van der Waals surface area contributed by atoms with Gasteiger partial charge in [0.05, 0.1) is 21.7 Å². The summed E-state index contributed by atoms with van der Waals surface area (Å²) in [4.78, 5) is 28.5. The lowest BCUT2D eigenvalue weighted by molar-refractivity contribution is -0.384. The molecule has 33 heavy (non-hydrogen) atoms. The molecule has 0 aliphatic heterocycles. The average molecular weight is 436 g/mol. The van der Waals surface area contributed by atoms with E-state index in [0.29, 0.717) is 17.5 Å². The van der Waals surface area contributed by atoms with Crippen LogP contribution in [0.3, 0.4) is 0 Å². The minimum Gasteiger partial charge on any atom is -0.457 e. The summed E-state index contributed by atoms with van der Waals surface area (Å²) >= 11 is 0. The Morgan fingerprint density at radius 2 is 1.70 bits per heavy atom. The van der Waals surface area contributed by atoms with Crippen LogP contribution in [0.4, 0.5) is 5.69 Å². The first kappa shape index (κ1) is 20.6. The summed E-state index contributed by atoms with van der Waals surface area (Å²) in [5, 5.41) is 11.6. The normalized spacial score (nSPS) is 13.8. The van der Waals surface area contributed by atoms with Crippen LogP contribution in [0, 0.1) is 10.1 Å². The number of nitro groups is 1. The number of non-ortho nitro benzene ring substituents is 1. The van der Waals surface area contributed by atoms with Gasteiger partial charge >= 0.3 is 5.97 Å². The molecule has 3 aromatic carbocycles. The predicted molar refractivity (Wildman–Crippen MR) is 127 cm³/mol. The van der Waals surface area contributed by atoms with E-state index in [2.05, 4.69) is 6.08 Å². The van der Waals surface area contributed by atoms with E-state index in [1.807, 2.05) is 54.6 Å². The molecule has 0 radical (unpaired) electrons. The second-order valence-electron chi connectivity index (χ2n) is 7.91. The first-order chi connectivity index (χ1) is 16.1. The Balaban J connectivity index is 1.49. The SMILES string of the molecule is O=C(OCc1ccc([N+](=O)[O-])cc1)c1c2c(nc3ccccc13)C(=Cc1ccccc1)CC2. The van der Waals surface area contributed by atoms with Crippen LogP contribution in [0.25, 0.3) is 22.6 Å². The molecule has 0 saturated carbocycles. The van der Waals surface area contributed by atoms with Crippen LogP contribution in [0.1, 0.15) is 39.2 Å². The van der Waals surface area contributed by atoms with Gasteiger partial charge in [-0.2, -0.15) is 0 Å².